The molecule has 0 fully saturated rings. The number of methoxy groups -OCH3 is 1. The van der Waals surface area contributed by atoms with Gasteiger partial charge in [-0.05, 0) is 52.9 Å². The molecule has 4 rings (SSSR count). The van der Waals surface area contributed by atoms with E-state index in [0.29, 0.717) is 6.61 Å². The lowest BCUT2D eigenvalue weighted by Crippen LogP contribution is -2.08. The molecule has 5 heteroatoms. The SMILES string of the molecule is COCc1ccccc1CCNc1ncnc2ccc(-c3cccc(F)c3)cc12. The van der Waals surface area contributed by atoms with Crippen LogP contribution in [0.1, 0.15) is 11.1 Å². The maximum Gasteiger partial charge on any atom is 0.137 e. The molecule has 0 bridgehead atoms. The molecule has 0 aliphatic heterocycles. The number of aromatic nitrogens is 2. The van der Waals surface area contributed by atoms with Crippen molar-refractivity contribution in [2.45, 2.75) is 13.0 Å². The summed E-state index contributed by atoms with van der Waals surface area (Å²) in [5.74, 6) is 0.525. The Morgan fingerprint density at radius 2 is 1.72 bits per heavy atom. The second kappa shape index (κ2) is 8.80. The Labute approximate surface area is 169 Å². The molecule has 0 amide bonds. The number of anilines is 1. The topological polar surface area (TPSA) is 47.0 Å². The van der Waals surface area contributed by atoms with Crippen LogP contribution in [0.15, 0.2) is 73.1 Å². The van der Waals surface area contributed by atoms with Gasteiger partial charge in [-0.25, -0.2) is 14.4 Å². The van der Waals surface area contributed by atoms with Gasteiger partial charge in [0, 0.05) is 19.0 Å². The van der Waals surface area contributed by atoms with Crippen molar-refractivity contribution in [1.82, 2.24) is 9.97 Å². The van der Waals surface area contributed by atoms with E-state index in [1.165, 1.54) is 23.3 Å². The van der Waals surface area contributed by atoms with Crippen LogP contribution in [0.5, 0.6) is 0 Å². The van der Waals surface area contributed by atoms with E-state index in [-0.39, 0.29) is 5.82 Å². The van der Waals surface area contributed by atoms with Crippen molar-refractivity contribution in [1.29, 1.82) is 0 Å². The van der Waals surface area contributed by atoms with Crippen LogP contribution in [-0.2, 0) is 17.8 Å². The summed E-state index contributed by atoms with van der Waals surface area (Å²) in [7, 11) is 1.71. The summed E-state index contributed by atoms with van der Waals surface area (Å²) < 4.78 is 18.9. The van der Waals surface area contributed by atoms with Crippen LogP contribution in [-0.4, -0.2) is 23.6 Å². The first-order chi connectivity index (χ1) is 14.2. The first-order valence-corrected chi connectivity index (χ1v) is 9.55. The smallest absolute Gasteiger partial charge is 0.137 e. The number of ether oxygens (including phenoxy) is 1. The predicted molar refractivity (Wildman–Crippen MR) is 114 cm³/mol. The third-order valence-electron chi connectivity index (χ3n) is 4.90. The van der Waals surface area contributed by atoms with Gasteiger partial charge in [-0.1, -0.05) is 42.5 Å². The largest absolute Gasteiger partial charge is 0.380 e. The normalized spacial score (nSPS) is 11.0. The molecule has 0 aliphatic carbocycles. The fraction of sp³-hybridized carbons (Fsp3) is 0.167. The molecule has 3 aromatic carbocycles. The summed E-state index contributed by atoms with van der Waals surface area (Å²) in [5.41, 5.74) is 5.05. The molecule has 1 aromatic heterocycles. The van der Waals surface area contributed by atoms with Gasteiger partial charge in [0.25, 0.3) is 0 Å². The van der Waals surface area contributed by atoms with Gasteiger partial charge in [-0.15, -0.1) is 0 Å². The zero-order valence-electron chi connectivity index (χ0n) is 16.2. The minimum absolute atomic E-state index is 0.250. The van der Waals surface area contributed by atoms with Gasteiger partial charge in [0.05, 0.1) is 12.1 Å². The lowest BCUT2D eigenvalue weighted by Gasteiger charge is -2.12. The predicted octanol–water partition coefficient (Wildman–Crippen LogP) is 5.24. The van der Waals surface area contributed by atoms with Crippen molar-refractivity contribution in [3.8, 4) is 11.1 Å². The fourth-order valence-corrected chi connectivity index (χ4v) is 3.46. The third kappa shape index (κ3) is 4.41. The summed E-state index contributed by atoms with van der Waals surface area (Å²) >= 11 is 0. The standard InChI is InChI=1S/C24H22FN3O/c1-29-15-20-6-3-2-5-17(20)11-12-26-24-22-14-19(9-10-23(22)27-16-28-24)18-7-4-8-21(25)13-18/h2-10,13-14,16H,11-12,15H2,1H3,(H,26,27,28). The van der Waals surface area contributed by atoms with E-state index in [0.717, 1.165) is 40.8 Å². The molecule has 1 N–H and O–H groups in total. The van der Waals surface area contributed by atoms with Crippen molar-refractivity contribution in [2.75, 3.05) is 19.0 Å². The van der Waals surface area contributed by atoms with Crippen molar-refractivity contribution < 1.29 is 9.13 Å². The molecule has 1 heterocycles. The molecule has 146 valence electrons. The molecular formula is C24H22FN3O. The van der Waals surface area contributed by atoms with E-state index in [1.807, 2.05) is 36.4 Å². The number of hydrogen-bond acceptors (Lipinski definition) is 4. The lowest BCUT2D eigenvalue weighted by atomic mass is 10.0. The van der Waals surface area contributed by atoms with Crippen LogP contribution in [0.3, 0.4) is 0 Å². The molecule has 0 saturated heterocycles. The van der Waals surface area contributed by atoms with Crippen molar-refractivity contribution in [2.24, 2.45) is 0 Å². The highest BCUT2D eigenvalue weighted by atomic mass is 19.1. The number of nitrogens with one attached hydrogen (secondary N) is 1. The highest BCUT2D eigenvalue weighted by Crippen LogP contribution is 2.27. The van der Waals surface area contributed by atoms with E-state index in [4.69, 9.17) is 4.74 Å². The Morgan fingerprint density at radius 3 is 2.55 bits per heavy atom. The zero-order valence-corrected chi connectivity index (χ0v) is 16.2. The number of rotatable bonds is 7. The second-order valence-corrected chi connectivity index (χ2v) is 6.84. The maximum absolute atomic E-state index is 13.6. The van der Waals surface area contributed by atoms with Crippen LogP contribution in [0, 0.1) is 5.82 Å². The van der Waals surface area contributed by atoms with Crippen molar-refractivity contribution in [3.63, 3.8) is 0 Å². The first-order valence-electron chi connectivity index (χ1n) is 9.55. The van der Waals surface area contributed by atoms with E-state index in [1.54, 1.807) is 19.5 Å². The van der Waals surface area contributed by atoms with Gasteiger partial charge < -0.3 is 10.1 Å². The highest BCUT2D eigenvalue weighted by Gasteiger charge is 2.08. The van der Waals surface area contributed by atoms with Crippen LogP contribution in [0.25, 0.3) is 22.0 Å². The molecule has 4 aromatic rings. The Bertz CT molecular complexity index is 1130. The minimum atomic E-state index is -0.250. The van der Waals surface area contributed by atoms with Gasteiger partial charge in [0.15, 0.2) is 0 Å². The second-order valence-electron chi connectivity index (χ2n) is 6.84. The van der Waals surface area contributed by atoms with E-state index < -0.39 is 0 Å². The Kier molecular flexibility index (Phi) is 5.77. The molecule has 0 spiro atoms. The molecule has 0 aliphatic rings. The van der Waals surface area contributed by atoms with E-state index in [2.05, 4.69) is 27.4 Å². The molecule has 4 nitrogen and oxygen atoms in total. The van der Waals surface area contributed by atoms with Gasteiger partial charge in [0.2, 0.25) is 0 Å². The highest BCUT2D eigenvalue weighted by molar-refractivity contribution is 5.92. The Balaban J connectivity index is 1.57. The average molecular weight is 387 g/mol. The van der Waals surface area contributed by atoms with Crippen molar-refractivity contribution >= 4 is 16.7 Å². The molecule has 0 atom stereocenters. The molecule has 0 unspecified atom stereocenters. The van der Waals surface area contributed by atoms with Crippen molar-refractivity contribution in [3.05, 3.63) is 90.0 Å². The summed E-state index contributed by atoms with van der Waals surface area (Å²) in [6.45, 7) is 1.33. The number of halogens is 1. The van der Waals surface area contributed by atoms with E-state index in [9.17, 15) is 4.39 Å². The Morgan fingerprint density at radius 1 is 0.897 bits per heavy atom. The van der Waals surface area contributed by atoms with Crippen LogP contribution in [0.4, 0.5) is 10.2 Å². The molecular weight excluding hydrogens is 365 g/mol. The quantitative estimate of drug-likeness (QED) is 0.471. The minimum Gasteiger partial charge on any atom is -0.380 e. The van der Waals surface area contributed by atoms with Crippen LogP contribution < -0.4 is 5.32 Å². The van der Waals surface area contributed by atoms with Crippen LogP contribution in [0.2, 0.25) is 0 Å². The monoisotopic (exact) mass is 387 g/mol. The molecule has 0 saturated carbocycles. The first kappa shape index (κ1) is 19.0. The fourth-order valence-electron chi connectivity index (χ4n) is 3.46. The average Bonchev–Trinajstić information content (AvgIpc) is 2.75. The lowest BCUT2D eigenvalue weighted by molar-refractivity contribution is 0.184. The van der Waals surface area contributed by atoms with Gasteiger partial charge in [0.1, 0.15) is 18.0 Å². The number of fused-ring (bicyclic) bond motifs is 1. The molecule has 29 heavy (non-hydrogen) atoms. The van der Waals surface area contributed by atoms with Gasteiger partial charge in [-0.2, -0.15) is 0 Å². The molecule has 0 radical (unpaired) electrons. The Hall–Kier alpha value is -3.31. The zero-order chi connectivity index (χ0) is 20.1. The third-order valence-corrected chi connectivity index (χ3v) is 4.90. The maximum atomic E-state index is 13.6. The summed E-state index contributed by atoms with van der Waals surface area (Å²) in [6, 6.07) is 20.8. The summed E-state index contributed by atoms with van der Waals surface area (Å²) in [6.07, 6.45) is 2.42. The van der Waals surface area contributed by atoms with E-state index >= 15 is 0 Å². The van der Waals surface area contributed by atoms with Gasteiger partial charge in [-0.3, -0.25) is 0 Å². The summed E-state index contributed by atoms with van der Waals surface area (Å²) in [4.78, 5) is 8.79. The number of benzene rings is 3. The summed E-state index contributed by atoms with van der Waals surface area (Å²) in [5, 5.41) is 4.35. The number of hydrogen-bond donors (Lipinski definition) is 1. The van der Waals surface area contributed by atoms with Gasteiger partial charge >= 0.3 is 0 Å². The number of nitrogens with zero attached hydrogens (tertiary/aromatic N) is 2. The van der Waals surface area contributed by atoms with Crippen LogP contribution >= 0.6 is 0 Å².